The third-order valence-corrected chi connectivity index (χ3v) is 3.65. The number of nitrogens with one attached hydrogen (secondary N) is 1. The van der Waals surface area contributed by atoms with Crippen molar-refractivity contribution in [3.8, 4) is 11.5 Å². The molecule has 20 heavy (non-hydrogen) atoms. The fraction of sp³-hybridized carbons (Fsp3) is 0.533. The van der Waals surface area contributed by atoms with Crippen molar-refractivity contribution >= 4 is 6.21 Å². The third kappa shape index (κ3) is 3.49. The quantitative estimate of drug-likeness (QED) is 0.615. The van der Waals surface area contributed by atoms with Crippen molar-refractivity contribution in [1.82, 2.24) is 0 Å². The number of ether oxygens (including phenoxy) is 3. The highest BCUT2D eigenvalue weighted by atomic mass is 16.7. The fourth-order valence-electron chi connectivity index (χ4n) is 2.49. The molecule has 1 N–H and O–H groups in total. The van der Waals surface area contributed by atoms with Crippen molar-refractivity contribution < 1.29 is 19.1 Å². The van der Waals surface area contributed by atoms with Gasteiger partial charge in [-0.2, -0.15) is 0 Å². The molecule has 0 spiro atoms. The van der Waals surface area contributed by atoms with Crippen molar-refractivity contribution in [1.29, 1.82) is 0 Å². The standard InChI is InChI=1S/C15H20N2O3/c1(5-17-6-8-18-9-7-17)4-16-11-13-2-3-14-15(10-13)20-12-19-14/h2-3,10-11H,1,4-9,12H2/p+1. The molecule has 2 aliphatic heterocycles. The van der Waals surface area contributed by atoms with E-state index in [2.05, 4.69) is 4.99 Å². The van der Waals surface area contributed by atoms with E-state index in [1.807, 2.05) is 24.4 Å². The first-order valence-electron chi connectivity index (χ1n) is 7.22. The van der Waals surface area contributed by atoms with Crippen LogP contribution in [0, 0.1) is 0 Å². The Hall–Kier alpha value is -1.59. The maximum Gasteiger partial charge on any atom is 0.231 e. The van der Waals surface area contributed by atoms with Gasteiger partial charge in [0.15, 0.2) is 11.5 Å². The lowest BCUT2D eigenvalue weighted by Crippen LogP contribution is -3.14. The van der Waals surface area contributed by atoms with Gasteiger partial charge in [0.05, 0.1) is 19.8 Å². The summed E-state index contributed by atoms with van der Waals surface area (Å²) >= 11 is 0. The Labute approximate surface area is 119 Å². The molecule has 3 rings (SSSR count). The largest absolute Gasteiger partial charge is 0.454 e. The van der Waals surface area contributed by atoms with Gasteiger partial charge >= 0.3 is 0 Å². The molecule has 1 aromatic rings. The second-order valence-corrected chi connectivity index (χ2v) is 5.11. The van der Waals surface area contributed by atoms with Crippen LogP contribution in [0.4, 0.5) is 0 Å². The number of morpholine rings is 1. The zero-order chi connectivity index (χ0) is 13.6. The van der Waals surface area contributed by atoms with Gasteiger partial charge in [-0.15, -0.1) is 0 Å². The minimum atomic E-state index is 0.318. The van der Waals surface area contributed by atoms with Gasteiger partial charge in [-0.1, -0.05) is 0 Å². The smallest absolute Gasteiger partial charge is 0.231 e. The molecule has 0 aliphatic carbocycles. The average molecular weight is 277 g/mol. The fourth-order valence-corrected chi connectivity index (χ4v) is 2.49. The summed E-state index contributed by atoms with van der Waals surface area (Å²) in [7, 11) is 0. The zero-order valence-corrected chi connectivity index (χ0v) is 11.6. The number of benzene rings is 1. The van der Waals surface area contributed by atoms with E-state index < -0.39 is 0 Å². The van der Waals surface area contributed by atoms with E-state index in [-0.39, 0.29) is 0 Å². The van der Waals surface area contributed by atoms with Crippen molar-refractivity contribution in [2.75, 3.05) is 46.2 Å². The van der Waals surface area contributed by atoms with Gasteiger partial charge in [0.1, 0.15) is 13.1 Å². The van der Waals surface area contributed by atoms with Crippen molar-refractivity contribution in [2.45, 2.75) is 6.42 Å². The second-order valence-electron chi connectivity index (χ2n) is 5.11. The van der Waals surface area contributed by atoms with E-state index in [0.29, 0.717) is 6.79 Å². The topological polar surface area (TPSA) is 44.5 Å². The minimum absolute atomic E-state index is 0.318. The van der Waals surface area contributed by atoms with Crippen LogP contribution in [0.2, 0.25) is 0 Å². The number of quaternary nitrogens is 1. The first-order valence-corrected chi connectivity index (χ1v) is 7.22. The van der Waals surface area contributed by atoms with Gasteiger partial charge in [-0.25, -0.2) is 0 Å². The van der Waals surface area contributed by atoms with Gasteiger partial charge in [-0.3, -0.25) is 4.99 Å². The highest BCUT2D eigenvalue weighted by Crippen LogP contribution is 2.31. The van der Waals surface area contributed by atoms with E-state index in [1.165, 1.54) is 6.54 Å². The van der Waals surface area contributed by atoms with Crippen molar-refractivity contribution in [3.05, 3.63) is 23.8 Å². The molecule has 2 aliphatic rings. The van der Waals surface area contributed by atoms with Crippen LogP contribution in [0.1, 0.15) is 12.0 Å². The van der Waals surface area contributed by atoms with E-state index in [0.717, 1.165) is 56.3 Å². The lowest BCUT2D eigenvalue weighted by atomic mass is 10.2. The zero-order valence-electron chi connectivity index (χ0n) is 11.6. The Balaban J connectivity index is 1.41. The van der Waals surface area contributed by atoms with Crippen LogP contribution in [0.15, 0.2) is 23.2 Å². The summed E-state index contributed by atoms with van der Waals surface area (Å²) < 4.78 is 16.0. The second kappa shape index (κ2) is 6.72. The van der Waals surface area contributed by atoms with Crippen molar-refractivity contribution in [2.24, 2.45) is 4.99 Å². The van der Waals surface area contributed by atoms with E-state index in [9.17, 15) is 0 Å². The van der Waals surface area contributed by atoms with E-state index in [1.54, 1.807) is 4.90 Å². The molecular formula is C15H21N2O3+. The molecule has 2 heterocycles. The van der Waals surface area contributed by atoms with Gasteiger partial charge in [0.2, 0.25) is 6.79 Å². The predicted molar refractivity (Wildman–Crippen MR) is 76.0 cm³/mol. The van der Waals surface area contributed by atoms with Crippen LogP contribution in [0.3, 0.4) is 0 Å². The Morgan fingerprint density at radius 1 is 1.15 bits per heavy atom. The van der Waals surface area contributed by atoms with Crippen molar-refractivity contribution in [3.63, 3.8) is 0 Å². The molecule has 5 nitrogen and oxygen atoms in total. The molecule has 0 amide bonds. The third-order valence-electron chi connectivity index (χ3n) is 3.65. The van der Waals surface area contributed by atoms with Crippen LogP contribution >= 0.6 is 0 Å². The van der Waals surface area contributed by atoms with Gasteiger partial charge < -0.3 is 19.1 Å². The molecule has 0 unspecified atom stereocenters. The first-order chi connectivity index (χ1) is 9.92. The lowest BCUT2D eigenvalue weighted by molar-refractivity contribution is -0.908. The number of aliphatic imine (C=N–C) groups is 1. The number of fused-ring (bicyclic) bond motifs is 1. The molecule has 1 fully saturated rings. The maximum atomic E-state index is 5.35. The Bertz CT molecular complexity index is 470. The molecule has 0 saturated carbocycles. The van der Waals surface area contributed by atoms with Crippen LogP contribution < -0.4 is 14.4 Å². The molecule has 5 heteroatoms. The normalized spacial score (nSPS) is 18.8. The Kier molecular flexibility index (Phi) is 4.50. The molecule has 1 saturated heterocycles. The highest BCUT2D eigenvalue weighted by Gasteiger charge is 2.13. The maximum absolute atomic E-state index is 5.35. The number of nitrogens with zero attached hydrogens (tertiary/aromatic N) is 1. The minimum Gasteiger partial charge on any atom is -0.454 e. The summed E-state index contributed by atoms with van der Waals surface area (Å²) in [6.45, 7) is 6.43. The summed E-state index contributed by atoms with van der Waals surface area (Å²) in [6.07, 6.45) is 3.03. The lowest BCUT2D eigenvalue weighted by Gasteiger charge is -2.23. The van der Waals surface area contributed by atoms with E-state index in [4.69, 9.17) is 14.2 Å². The molecular weight excluding hydrogens is 256 g/mol. The van der Waals surface area contributed by atoms with Gasteiger partial charge in [0.25, 0.3) is 0 Å². The van der Waals surface area contributed by atoms with Gasteiger partial charge in [0, 0.05) is 19.2 Å². The monoisotopic (exact) mass is 277 g/mol. The Morgan fingerprint density at radius 3 is 2.90 bits per heavy atom. The van der Waals surface area contributed by atoms with Crippen LogP contribution in [0.25, 0.3) is 0 Å². The summed E-state index contributed by atoms with van der Waals surface area (Å²) in [4.78, 5) is 6.12. The predicted octanol–water partition coefficient (Wildman–Crippen LogP) is 0.139. The molecule has 108 valence electrons. The molecule has 1 aromatic carbocycles. The first kappa shape index (κ1) is 13.4. The highest BCUT2D eigenvalue weighted by molar-refractivity contribution is 5.81. The van der Waals surface area contributed by atoms with E-state index >= 15 is 0 Å². The number of hydrogen-bond acceptors (Lipinski definition) is 4. The summed E-state index contributed by atoms with van der Waals surface area (Å²) in [5.41, 5.74) is 1.06. The number of hydrogen-bond donors (Lipinski definition) is 1. The van der Waals surface area contributed by atoms with Crippen LogP contribution in [0.5, 0.6) is 11.5 Å². The average Bonchev–Trinajstić information content (AvgIpc) is 2.95. The molecule has 0 atom stereocenters. The SMILES string of the molecule is C(=NCCC[NH+]1CCOCC1)c1ccc2c(c1)OCO2. The Morgan fingerprint density at radius 2 is 2.00 bits per heavy atom. The molecule has 0 bridgehead atoms. The van der Waals surface area contributed by atoms with Crippen LogP contribution in [-0.4, -0.2) is 52.4 Å². The van der Waals surface area contributed by atoms with Gasteiger partial charge in [-0.05, 0) is 23.8 Å². The molecule has 0 radical (unpaired) electrons. The summed E-state index contributed by atoms with van der Waals surface area (Å²) in [5.74, 6) is 1.63. The van der Waals surface area contributed by atoms with Crippen LogP contribution in [-0.2, 0) is 4.74 Å². The number of rotatable bonds is 5. The molecule has 0 aromatic heterocycles. The summed E-state index contributed by atoms with van der Waals surface area (Å²) in [6, 6.07) is 5.91. The summed E-state index contributed by atoms with van der Waals surface area (Å²) in [5, 5.41) is 0.